The van der Waals surface area contributed by atoms with Gasteiger partial charge in [-0.25, -0.2) is 8.78 Å². The Labute approximate surface area is 152 Å². The van der Waals surface area contributed by atoms with Gasteiger partial charge < -0.3 is 10.1 Å². The number of benzene rings is 1. The molecule has 0 saturated heterocycles. The summed E-state index contributed by atoms with van der Waals surface area (Å²) in [6, 6.07) is 9.31. The van der Waals surface area contributed by atoms with Crippen molar-refractivity contribution in [2.24, 2.45) is 5.92 Å². The number of amides is 1. The number of pyridine rings is 1. The maximum atomic E-state index is 13.2. The normalized spacial score (nSPS) is 11.5. The van der Waals surface area contributed by atoms with Crippen LogP contribution in [0.25, 0.3) is 0 Å². The number of nitrogens with zero attached hydrogens (tertiary/aromatic N) is 1. The molecular weight excluding hydrogens is 338 g/mol. The number of ether oxygens (including phenoxy) is 1. The van der Waals surface area contributed by atoms with Crippen molar-refractivity contribution < 1.29 is 18.3 Å². The Morgan fingerprint density at radius 1 is 1.19 bits per heavy atom. The predicted molar refractivity (Wildman–Crippen MR) is 96.6 cm³/mol. The molecule has 0 radical (unpaired) electrons. The molecule has 0 aliphatic rings. The molecule has 0 atom stereocenters. The minimum atomic E-state index is -2.85. The molecule has 0 unspecified atom stereocenters. The van der Waals surface area contributed by atoms with Gasteiger partial charge in [0, 0.05) is 31.6 Å². The van der Waals surface area contributed by atoms with E-state index in [1.54, 1.807) is 12.3 Å². The van der Waals surface area contributed by atoms with E-state index in [0.717, 1.165) is 12.5 Å². The van der Waals surface area contributed by atoms with Crippen molar-refractivity contribution in [1.29, 1.82) is 0 Å². The fourth-order valence-corrected chi connectivity index (χ4v) is 2.22. The van der Waals surface area contributed by atoms with Crippen molar-refractivity contribution in [3.63, 3.8) is 0 Å². The largest absolute Gasteiger partial charge is 0.493 e. The van der Waals surface area contributed by atoms with Gasteiger partial charge >= 0.3 is 0 Å². The van der Waals surface area contributed by atoms with Gasteiger partial charge in [-0.3, -0.25) is 9.78 Å². The van der Waals surface area contributed by atoms with Crippen LogP contribution in [0.1, 0.15) is 42.4 Å². The van der Waals surface area contributed by atoms with Crippen molar-refractivity contribution in [3.05, 3.63) is 59.4 Å². The molecule has 26 heavy (non-hydrogen) atoms. The number of hydrogen-bond acceptors (Lipinski definition) is 3. The summed E-state index contributed by atoms with van der Waals surface area (Å²) in [4.78, 5) is 16.1. The van der Waals surface area contributed by atoms with Gasteiger partial charge in [-0.05, 0) is 41.8 Å². The number of rotatable bonds is 8. The van der Waals surface area contributed by atoms with E-state index < -0.39 is 5.92 Å². The third-order valence-corrected chi connectivity index (χ3v) is 3.75. The van der Waals surface area contributed by atoms with Crippen LogP contribution in [0.2, 0.25) is 0 Å². The first kappa shape index (κ1) is 19.8. The molecule has 1 heterocycles. The van der Waals surface area contributed by atoms with Crippen LogP contribution >= 0.6 is 0 Å². The first-order chi connectivity index (χ1) is 12.3. The summed E-state index contributed by atoms with van der Waals surface area (Å²) in [5.74, 6) is -2.12. The van der Waals surface area contributed by atoms with Gasteiger partial charge in [0.15, 0.2) is 0 Å². The summed E-state index contributed by atoms with van der Waals surface area (Å²) < 4.78 is 31.9. The van der Waals surface area contributed by atoms with Gasteiger partial charge in [0.2, 0.25) is 0 Å². The van der Waals surface area contributed by atoms with Crippen LogP contribution in [-0.4, -0.2) is 24.0 Å². The Hall–Kier alpha value is -2.50. The van der Waals surface area contributed by atoms with Crippen molar-refractivity contribution in [3.8, 4) is 5.75 Å². The molecule has 0 saturated carbocycles. The van der Waals surface area contributed by atoms with Crippen LogP contribution in [0, 0.1) is 5.92 Å². The van der Waals surface area contributed by atoms with Crippen LogP contribution < -0.4 is 10.1 Å². The lowest BCUT2D eigenvalue weighted by atomic mass is 10.1. The van der Waals surface area contributed by atoms with Crippen molar-refractivity contribution >= 4 is 5.91 Å². The molecule has 1 aromatic heterocycles. The molecule has 0 spiro atoms. The Morgan fingerprint density at radius 3 is 2.42 bits per heavy atom. The minimum Gasteiger partial charge on any atom is -0.493 e. The molecule has 0 aliphatic heterocycles. The Balaban J connectivity index is 1.82. The number of alkyl halides is 2. The fraction of sp³-hybridized carbons (Fsp3) is 0.400. The molecule has 0 bridgehead atoms. The summed E-state index contributed by atoms with van der Waals surface area (Å²) in [5.41, 5.74) is 1.27. The molecule has 6 heteroatoms. The maximum Gasteiger partial charge on any atom is 0.270 e. The number of carbonyl (C=O) groups is 1. The number of hydrogen-bond donors (Lipinski definition) is 1. The van der Waals surface area contributed by atoms with Gasteiger partial charge in [0.25, 0.3) is 11.8 Å². The summed E-state index contributed by atoms with van der Waals surface area (Å²) in [5, 5.41) is 2.82. The molecule has 0 aliphatic carbocycles. The second-order valence-corrected chi connectivity index (χ2v) is 6.67. The molecule has 2 rings (SSSR count). The zero-order chi connectivity index (χ0) is 19.2. The van der Waals surface area contributed by atoms with Gasteiger partial charge in [-0.15, -0.1) is 0 Å². The highest BCUT2D eigenvalue weighted by Crippen LogP contribution is 2.28. The van der Waals surface area contributed by atoms with Crippen LogP contribution in [0.3, 0.4) is 0 Å². The molecule has 140 valence electrons. The lowest BCUT2D eigenvalue weighted by Gasteiger charge is -2.12. The third-order valence-electron chi connectivity index (χ3n) is 3.75. The van der Waals surface area contributed by atoms with Crippen molar-refractivity contribution in [2.75, 3.05) is 13.2 Å². The molecule has 1 N–H and O–H groups in total. The first-order valence-corrected chi connectivity index (χ1v) is 8.60. The topological polar surface area (TPSA) is 51.2 Å². The van der Waals surface area contributed by atoms with Crippen LogP contribution in [0.5, 0.6) is 5.75 Å². The molecular formula is C20H24F2N2O2. The van der Waals surface area contributed by atoms with E-state index in [9.17, 15) is 13.6 Å². The van der Waals surface area contributed by atoms with Crippen molar-refractivity contribution in [1.82, 2.24) is 10.3 Å². The molecule has 4 nitrogen and oxygen atoms in total. The van der Waals surface area contributed by atoms with E-state index in [-0.39, 0.29) is 11.5 Å². The lowest BCUT2D eigenvalue weighted by Crippen LogP contribution is -2.28. The van der Waals surface area contributed by atoms with E-state index in [1.807, 2.05) is 19.9 Å². The predicted octanol–water partition coefficient (Wildman–Crippen LogP) is 4.20. The van der Waals surface area contributed by atoms with Gasteiger partial charge in [-0.1, -0.05) is 19.9 Å². The van der Waals surface area contributed by atoms with Crippen LogP contribution in [-0.2, 0) is 12.3 Å². The Bertz CT molecular complexity index is 708. The van der Waals surface area contributed by atoms with E-state index in [2.05, 4.69) is 10.3 Å². The number of halogens is 2. The third kappa shape index (κ3) is 6.10. The molecule has 1 amide bonds. The minimum absolute atomic E-state index is 0.0413. The Kier molecular flexibility index (Phi) is 6.66. The number of aromatic nitrogens is 1. The summed E-state index contributed by atoms with van der Waals surface area (Å²) >= 11 is 0. The Morgan fingerprint density at radius 2 is 1.88 bits per heavy atom. The van der Waals surface area contributed by atoms with Crippen molar-refractivity contribution in [2.45, 2.75) is 33.1 Å². The van der Waals surface area contributed by atoms with Gasteiger partial charge in [-0.2, -0.15) is 0 Å². The van der Waals surface area contributed by atoms with E-state index in [0.29, 0.717) is 36.9 Å². The molecule has 1 aromatic carbocycles. The highest BCUT2D eigenvalue weighted by Gasteiger charge is 2.23. The highest BCUT2D eigenvalue weighted by atomic mass is 19.3. The zero-order valence-corrected chi connectivity index (χ0v) is 15.3. The van der Waals surface area contributed by atoms with Gasteiger partial charge in [0.05, 0.1) is 6.61 Å². The summed E-state index contributed by atoms with van der Waals surface area (Å²) in [7, 11) is 0. The SMILES string of the molecule is CC(C)CNC(=O)c1ccc(CCOc2ccc(C(C)(F)F)cc2)cn1. The standard InChI is InChI=1S/C20H24F2N2O2/c1-14(2)12-24-19(25)18-9-4-15(13-23-18)10-11-26-17-7-5-16(6-8-17)20(3,21)22/h4-9,13-14H,10-12H2,1-3H3,(H,24,25). The average molecular weight is 362 g/mol. The van der Waals surface area contributed by atoms with E-state index in [1.165, 1.54) is 24.3 Å². The second kappa shape index (κ2) is 8.74. The summed E-state index contributed by atoms with van der Waals surface area (Å²) in [6.07, 6.45) is 2.25. The van der Waals surface area contributed by atoms with E-state index >= 15 is 0 Å². The highest BCUT2D eigenvalue weighted by molar-refractivity contribution is 5.92. The fourth-order valence-electron chi connectivity index (χ4n) is 2.22. The number of carbonyl (C=O) groups excluding carboxylic acids is 1. The molecule has 2 aromatic rings. The maximum absolute atomic E-state index is 13.2. The lowest BCUT2D eigenvalue weighted by molar-refractivity contribution is 0.0174. The summed E-state index contributed by atoms with van der Waals surface area (Å²) in [6.45, 7) is 5.92. The first-order valence-electron chi connectivity index (χ1n) is 8.60. The number of nitrogens with one attached hydrogen (secondary N) is 1. The van der Waals surface area contributed by atoms with Gasteiger partial charge in [0.1, 0.15) is 11.4 Å². The molecule has 0 fully saturated rings. The van der Waals surface area contributed by atoms with Crippen LogP contribution in [0.4, 0.5) is 8.78 Å². The average Bonchev–Trinajstić information content (AvgIpc) is 2.60. The smallest absolute Gasteiger partial charge is 0.270 e. The quantitative estimate of drug-likeness (QED) is 0.766. The zero-order valence-electron chi connectivity index (χ0n) is 15.3. The second-order valence-electron chi connectivity index (χ2n) is 6.67. The van der Waals surface area contributed by atoms with Crippen LogP contribution in [0.15, 0.2) is 42.6 Å². The van der Waals surface area contributed by atoms with E-state index in [4.69, 9.17) is 4.74 Å². The monoisotopic (exact) mass is 362 g/mol.